The second kappa shape index (κ2) is 9.42. The Morgan fingerprint density at radius 1 is 1.29 bits per heavy atom. The van der Waals surface area contributed by atoms with Crippen molar-refractivity contribution in [2.45, 2.75) is 45.3 Å². The summed E-state index contributed by atoms with van der Waals surface area (Å²) in [6.45, 7) is 6.94. The van der Waals surface area contributed by atoms with Gasteiger partial charge in [-0.3, -0.25) is 25.1 Å². The van der Waals surface area contributed by atoms with Gasteiger partial charge in [-0.15, -0.1) is 0 Å². The molecule has 2 N–H and O–H groups in total. The molecular formula is C24H26N6O5. The largest absolute Gasteiger partial charge is 0.444 e. The number of amides is 2. The summed E-state index contributed by atoms with van der Waals surface area (Å²) in [6, 6.07) is 13.0. The molecule has 1 aliphatic rings. The van der Waals surface area contributed by atoms with Gasteiger partial charge in [0.2, 0.25) is 11.9 Å². The quantitative estimate of drug-likeness (QED) is 0.494. The molecule has 0 unspecified atom stereocenters. The van der Waals surface area contributed by atoms with Crippen LogP contribution in [-0.2, 0) is 15.1 Å². The molecule has 11 nitrogen and oxygen atoms in total. The summed E-state index contributed by atoms with van der Waals surface area (Å²) >= 11 is 0. The Labute approximate surface area is 202 Å². The number of benzene rings is 2. The van der Waals surface area contributed by atoms with Crippen molar-refractivity contribution in [3.05, 3.63) is 63.7 Å². The van der Waals surface area contributed by atoms with Gasteiger partial charge in [0.1, 0.15) is 11.3 Å². The number of carbonyl (C=O) groups excluding carboxylic acids is 2. The van der Waals surface area contributed by atoms with Crippen LogP contribution in [0, 0.1) is 21.4 Å². The molecule has 2 aromatic rings. The fraction of sp³-hybridized carbons (Fsp3) is 0.333. The van der Waals surface area contributed by atoms with Crippen molar-refractivity contribution in [1.29, 1.82) is 5.26 Å². The van der Waals surface area contributed by atoms with Gasteiger partial charge in [0.25, 0.3) is 5.69 Å². The number of ether oxygens (including phenoxy) is 1. The van der Waals surface area contributed by atoms with E-state index in [0.717, 1.165) is 0 Å². The number of nitrogens with zero attached hydrogens (tertiary/aromatic N) is 4. The van der Waals surface area contributed by atoms with Crippen molar-refractivity contribution in [2.24, 2.45) is 4.99 Å². The molecule has 0 saturated carbocycles. The van der Waals surface area contributed by atoms with Gasteiger partial charge in [0, 0.05) is 18.8 Å². The van der Waals surface area contributed by atoms with Crippen LogP contribution in [0.2, 0.25) is 0 Å². The standard InChI is InChI=1S/C24H26N6O5/c1-23(2,3)35-22(32)27-21-28-24(4,13-20(31)29(21)5)16-7-6-8-17(12-16)26-18-10-9-15(14-25)11-19(18)30(33)34/h6-12,26H,13H2,1-5H3,(H,27,28,32)/t24-/m0/s1. The number of guanidine groups is 1. The highest BCUT2D eigenvalue weighted by atomic mass is 16.6. The number of hydrogen-bond donors (Lipinski definition) is 2. The van der Waals surface area contributed by atoms with E-state index in [4.69, 9.17) is 10.00 Å². The van der Waals surface area contributed by atoms with E-state index in [0.29, 0.717) is 11.3 Å². The van der Waals surface area contributed by atoms with E-state index < -0.39 is 22.2 Å². The summed E-state index contributed by atoms with van der Waals surface area (Å²) in [5, 5.41) is 26.1. The SMILES string of the molecule is CN1C(=O)C[C@@](C)(c2cccc(Nc3ccc(C#N)cc3[N+](=O)[O-])c2)N=C1NC(=O)OC(C)(C)C. The van der Waals surface area contributed by atoms with Gasteiger partial charge in [-0.25, -0.2) is 9.79 Å². The minimum absolute atomic E-state index is 0.0451. The van der Waals surface area contributed by atoms with Crippen LogP contribution in [0.15, 0.2) is 47.5 Å². The number of nitro groups is 1. The zero-order valence-corrected chi connectivity index (χ0v) is 20.1. The molecule has 0 bridgehead atoms. The molecule has 2 amide bonds. The Morgan fingerprint density at radius 2 is 2.00 bits per heavy atom. The molecule has 0 aromatic heterocycles. The first kappa shape index (κ1) is 25.2. The summed E-state index contributed by atoms with van der Waals surface area (Å²) in [4.78, 5) is 41.8. The number of hydrogen-bond acceptors (Lipinski definition) is 8. The third-order valence-electron chi connectivity index (χ3n) is 5.24. The molecule has 1 atom stereocenters. The van der Waals surface area contributed by atoms with Crippen molar-refractivity contribution in [1.82, 2.24) is 10.2 Å². The second-order valence-electron chi connectivity index (χ2n) is 9.27. The van der Waals surface area contributed by atoms with Crippen molar-refractivity contribution < 1.29 is 19.2 Å². The zero-order chi connectivity index (χ0) is 26.0. The van der Waals surface area contributed by atoms with Crippen LogP contribution in [0.25, 0.3) is 0 Å². The first-order valence-electron chi connectivity index (χ1n) is 10.7. The first-order chi connectivity index (χ1) is 16.3. The van der Waals surface area contributed by atoms with Crippen LogP contribution in [-0.4, -0.2) is 40.4 Å². The van der Waals surface area contributed by atoms with Gasteiger partial charge in [-0.1, -0.05) is 12.1 Å². The fourth-order valence-corrected chi connectivity index (χ4v) is 3.50. The van der Waals surface area contributed by atoms with Crippen LogP contribution in [0.3, 0.4) is 0 Å². The number of rotatable bonds is 4. The Balaban J connectivity index is 1.93. The van der Waals surface area contributed by atoms with Crippen LogP contribution in [0.5, 0.6) is 0 Å². The van der Waals surface area contributed by atoms with Crippen LogP contribution >= 0.6 is 0 Å². The molecular weight excluding hydrogens is 452 g/mol. The van der Waals surface area contributed by atoms with Crippen molar-refractivity contribution in [3.8, 4) is 6.07 Å². The lowest BCUT2D eigenvalue weighted by Gasteiger charge is -2.35. The van der Waals surface area contributed by atoms with Gasteiger partial charge >= 0.3 is 6.09 Å². The molecule has 2 aromatic carbocycles. The van der Waals surface area contributed by atoms with E-state index in [1.165, 1.54) is 30.1 Å². The average Bonchev–Trinajstić information content (AvgIpc) is 2.76. The topological polar surface area (TPSA) is 150 Å². The van der Waals surface area contributed by atoms with Gasteiger partial charge in [0.05, 0.1) is 28.5 Å². The van der Waals surface area contributed by atoms with E-state index >= 15 is 0 Å². The summed E-state index contributed by atoms with van der Waals surface area (Å²) in [6.07, 6.45) is -0.688. The third-order valence-corrected chi connectivity index (χ3v) is 5.24. The number of anilines is 2. The number of nitro benzene ring substituents is 1. The lowest BCUT2D eigenvalue weighted by molar-refractivity contribution is -0.383. The highest BCUT2D eigenvalue weighted by molar-refractivity contribution is 6.05. The summed E-state index contributed by atoms with van der Waals surface area (Å²) in [5.74, 6) is -0.200. The zero-order valence-electron chi connectivity index (χ0n) is 20.1. The van der Waals surface area contributed by atoms with Crippen molar-refractivity contribution >= 4 is 35.0 Å². The molecule has 182 valence electrons. The number of carbonyl (C=O) groups is 2. The Bertz CT molecular complexity index is 1260. The van der Waals surface area contributed by atoms with E-state index in [2.05, 4.69) is 15.6 Å². The minimum atomic E-state index is -1.01. The summed E-state index contributed by atoms with van der Waals surface area (Å²) < 4.78 is 5.28. The maximum atomic E-state index is 12.8. The molecule has 0 spiro atoms. The first-order valence-corrected chi connectivity index (χ1v) is 10.7. The Hall–Kier alpha value is -4.46. The lowest BCUT2D eigenvalue weighted by Crippen LogP contribution is -2.52. The molecule has 0 radical (unpaired) electrons. The van der Waals surface area contributed by atoms with E-state index in [-0.39, 0.29) is 35.2 Å². The Kier molecular flexibility index (Phi) is 6.77. The summed E-state index contributed by atoms with van der Waals surface area (Å²) in [5.41, 5.74) is -0.402. The van der Waals surface area contributed by atoms with Gasteiger partial charge in [0.15, 0.2) is 0 Å². The molecule has 11 heteroatoms. The van der Waals surface area contributed by atoms with E-state index in [1.807, 2.05) is 6.07 Å². The van der Waals surface area contributed by atoms with Gasteiger partial charge in [-0.2, -0.15) is 5.26 Å². The van der Waals surface area contributed by atoms with E-state index in [9.17, 15) is 19.7 Å². The van der Waals surface area contributed by atoms with Crippen molar-refractivity contribution in [3.63, 3.8) is 0 Å². The predicted molar refractivity (Wildman–Crippen MR) is 129 cm³/mol. The van der Waals surface area contributed by atoms with Gasteiger partial charge in [-0.05, 0) is 57.5 Å². The van der Waals surface area contributed by atoms with Crippen LogP contribution in [0.4, 0.5) is 21.9 Å². The lowest BCUT2D eigenvalue weighted by atomic mass is 9.87. The van der Waals surface area contributed by atoms with Crippen molar-refractivity contribution in [2.75, 3.05) is 12.4 Å². The van der Waals surface area contributed by atoms with Crippen LogP contribution in [0.1, 0.15) is 45.2 Å². The summed E-state index contributed by atoms with van der Waals surface area (Å²) in [7, 11) is 1.51. The third kappa shape index (κ3) is 5.92. The number of nitriles is 1. The molecule has 35 heavy (non-hydrogen) atoms. The highest BCUT2D eigenvalue weighted by Crippen LogP contribution is 2.36. The second-order valence-corrected chi connectivity index (χ2v) is 9.27. The molecule has 1 aliphatic heterocycles. The predicted octanol–water partition coefficient (Wildman–Crippen LogP) is 4.17. The molecule has 0 fully saturated rings. The van der Waals surface area contributed by atoms with E-state index in [1.54, 1.807) is 52.0 Å². The maximum Gasteiger partial charge on any atom is 0.414 e. The number of alkyl carbamates (subject to hydrolysis) is 1. The van der Waals surface area contributed by atoms with Gasteiger partial charge < -0.3 is 10.1 Å². The fourth-order valence-electron chi connectivity index (χ4n) is 3.50. The molecule has 1 heterocycles. The maximum absolute atomic E-state index is 12.8. The normalized spacial score (nSPS) is 17.8. The average molecular weight is 479 g/mol. The van der Waals surface area contributed by atoms with Crippen LogP contribution < -0.4 is 10.6 Å². The number of aliphatic imine (C=N–C) groups is 1. The minimum Gasteiger partial charge on any atom is -0.444 e. The molecule has 0 aliphatic carbocycles. The molecule has 3 rings (SSSR count). The monoisotopic (exact) mass is 478 g/mol. The smallest absolute Gasteiger partial charge is 0.414 e. The highest BCUT2D eigenvalue weighted by Gasteiger charge is 2.38. The molecule has 0 saturated heterocycles. The Morgan fingerprint density at radius 3 is 2.63 bits per heavy atom. The number of nitrogens with one attached hydrogen (secondary N) is 2.